The molecule has 1 atom stereocenters. The molecule has 240 valence electrons. The zero-order valence-electron chi connectivity index (χ0n) is 27.4. The van der Waals surface area contributed by atoms with Gasteiger partial charge in [0.15, 0.2) is 0 Å². The van der Waals surface area contributed by atoms with Gasteiger partial charge in [-0.3, -0.25) is 4.79 Å². The maximum absolute atomic E-state index is 12.1. The second kappa shape index (κ2) is 34.6. The summed E-state index contributed by atoms with van der Waals surface area (Å²) in [7, 11) is 0. The van der Waals surface area contributed by atoms with Crippen LogP contribution < -0.4 is 0 Å². The minimum atomic E-state index is -0.522. The molecule has 0 aromatic rings. The molecular formula is C36H72O4. The second-order valence-corrected chi connectivity index (χ2v) is 12.3. The van der Waals surface area contributed by atoms with Crippen molar-refractivity contribution in [1.82, 2.24) is 0 Å². The Labute approximate surface area is 251 Å². The number of hydrogen-bond donors (Lipinski definition) is 1. The van der Waals surface area contributed by atoms with Gasteiger partial charge in [0, 0.05) is 13.0 Å². The molecule has 0 aliphatic rings. The number of rotatable bonds is 34. The summed E-state index contributed by atoms with van der Waals surface area (Å²) >= 11 is 0. The first-order valence-corrected chi connectivity index (χ1v) is 18.1. The Kier molecular flexibility index (Phi) is 34.1. The van der Waals surface area contributed by atoms with E-state index in [1.54, 1.807) is 0 Å². The van der Waals surface area contributed by atoms with Gasteiger partial charge in [0.1, 0.15) is 6.10 Å². The summed E-state index contributed by atoms with van der Waals surface area (Å²) < 4.78 is 11.1. The predicted molar refractivity (Wildman–Crippen MR) is 173 cm³/mol. The van der Waals surface area contributed by atoms with Crippen LogP contribution in [0.5, 0.6) is 0 Å². The second-order valence-electron chi connectivity index (χ2n) is 12.3. The topological polar surface area (TPSA) is 55.8 Å². The third kappa shape index (κ3) is 31.9. The first kappa shape index (κ1) is 39.4. The van der Waals surface area contributed by atoms with E-state index in [9.17, 15) is 9.90 Å². The molecule has 0 spiro atoms. The van der Waals surface area contributed by atoms with Crippen LogP contribution in [0.3, 0.4) is 0 Å². The first-order chi connectivity index (χ1) is 19.7. The number of carbonyl (C=O) groups excluding carboxylic acids is 1. The lowest BCUT2D eigenvalue weighted by atomic mass is 10.0. The molecule has 0 rings (SSSR count). The quantitative estimate of drug-likeness (QED) is 0.0619. The number of aliphatic hydroxyl groups excluding tert-OH is 1. The molecule has 4 heteroatoms. The lowest BCUT2D eigenvalue weighted by Crippen LogP contribution is -2.27. The van der Waals surface area contributed by atoms with Crippen molar-refractivity contribution in [1.29, 1.82) is 0 Å². The molecule has 0 aliphatic carbocycles. The predicted octanol–water partition coefficient (Wildman–Crippen LogP) is 11.3. The normalized spacial score (nSPS) is 12.2. The van der Waals surface area contributed by atoms with Crippen molar-refractivity contribution in [3.8, 4) is 0 Å². The van der Waals surface area contributed by atoms with Crippen LogP contribution in [0.2, 0.25) is 0 Å². The van der Waals surface area contributed by atoms with Crippen molar-refractivity contribution in [2.24, 2.45) is 0 Å². The number of unbranched alkanes of at least 4 members (excludes halogenated alkanes) is 26. The SMILES string of the molecule is CCCCCCCCCCCCCCCCCCCC(=O)OC(CO)COCCCCCCCCCCCCC. The van der Waals surface area contributed by atoms with Crippen molar-refractivity contribution >= 4 is 5.97 Å². The molecule has 4 nitrogen and oxygen atoms in total. The van der Waals surface area contributed by atoms with Crippen LogP contribution >= 0.6 is 0 Å². The van der Waals surface area contributed by atoms with E-state index in [4.69, 9.17) is 9.47 Å². The fourth-order valence-electron chi connectivity index (χ4n) is 5.45. The van der Waals surface area contributed by atoms with Gasteiger partial charge in [-0.25, -0.2) is 0 Å². The van der Waals surface area contributed by atoms with Gasteiger partial charge in [-0.1, -0.05) is 181 Å². The highest BCUT2D eigenvalue weighted by molar-refractivity contribution is 5.69. The van der Waals surface area contributed by atoms with Crippen LogP contribution in [-0.2, 0) is 14.3 Å². The van der Waals surface area contributed by atoms with Gasteiger partial charge in [0.25, 0.3) is 0 Å². The van der Waals surface area contributed by atoms with Crippen molar-refractivity contribution < 1.29 is 19.4 Å². The van der Waals surface area contributed by atoms with Gasteiger partial charge in [0.05, 0.1) is 13.2 Å². The molecule has 0 amide bonds. The highest BCUT2D eigenvalue weighted by Gasteiger charge is 2.13. The Balaban J connectivity index is 3.38. The maximum atomic E-state index is 12.1. The van der Waals surface area contributed by atoms with E-state index in [2.05, 4.69) is 13.8 Å². The fourth-order valence-corrected chi connectivity index (χ4v) is 5.45. The van der Waals surface area contributed by atoms with Crippen LogP contribution in [0.25, 0.3) is 0 Å². The van der Waals surface area contributed by atoms with Crippen molar-refractivity contribution in [2.75, 3.05) is 19.8 Å². The average molecular weight is 569 g/mol. The van der Waals surface area contributed by atoms with Gasteiger partial charge >= 0.3 is 5.97 Å². The minimum Gasteiger partial charge on any atom is -0.457 e. The fraction of sp³-hybridized carbons (Fsp3) is 0.972. The van der Waals surface area contributed by atoms with E-state index >= 15 is 0 Å². The van der Waals surface area contributed by atoms with Crippen molar-refractivity contribution in [3.05, 3.63) is 0 Å². The molecule has 40 heavy (non-hydrogen) atoms. The van der Waals surface area contributed by atoms with Crippen LogP contribution in [-0.4, -0.2) is 37.0 Å². The molecular weight excluding hydrogens is 496 g/mol. The summed E-state index contributed by atoms with van der Waals surface area (Å²) in [5.41, 5.74) is 0. The van der Waals surface area contributed by atoms with E-state index in [1.807, 2.05) is 0 Å². The van der Waals surface area contributed by atoms with Crippen LogP contribution in [0.1, 0.15) is 200 Å². The van der Waals surface area contributed by atoms with E-state index in [0.717, 1.165) is 19.3 Å². The van der Waals surface area contributed by atoms with Crippen LogP contribution in [0.15, 0.2) is 0 Å². The highest BCUT2D eigenvalue weighted by atomic mass is 16.6. The van der Waals surface area contributed by atoms with Crippen LogP contribution in [0.4, 0.5) is 0 Å². The molecule has 0 radical (unpaired) electrons. The third-order valence-electron chi connectivity index (χ3n) is 8.18. The zero-order chi connectivity index (χ0) is 29.2. The number of esters is 1. The van der Waals surface area contributed by atoms with E-state index in [-0.39, 0.29) is 12.6 Å². The Morgan fingerprint density at radius 2 is 0.825 bits per heavy atom. The Morgan fingerprint density at radius 1 is 0.500 bits per heavy atom. The molecule has 0 bridgehead atoms. The average Bonchev–Trinajstić information content (AvgIpc) is 2.96. The summed E-state index contributed by atoms with van der Waals surface area (Å²) in [6.45, 7) is 5.38. The summed E-state index contributed by atoms with van der Waals surface area (Å²) in [5, 5.41) is 9.53. The Bertz CT molecular complexity index is 481. The van der Waals surface area contributed by atoms with Crippen molar-refractivity contribution in [3.63, 3.8) is 0 Å². The maximum Gasteiger partial charge on any atom is 0.306 e. The molecule has 1 N–H and O–H groups in total. The monoisotopic (exact) mass is 569 g/mol. The number of hydrogen-bond acceptors (Lipinski definition) is 4. The van der Waals surface area contributed by atoms with Crippen LogP contribution in [0, 0.1) is 0 Å². The number of carbonyl (C=O) groups is 1. The number of ether oxygens (including phenoxy) is 2. The van der Waals surface area contributed by atoms with Gasteiger partial charge in [-0.2, -0.15) is 0 Å². The summed E-state index contributed by atoms with van der Waals surface area (Å²) in [4.78, 5) is 12.1. The molecule has 0 saturated heterocycles. The number of aliphatic hydroxyl groups is 1. The Hall–Kier alpha value is -0.610. The van der Waals surface area contributed by atoms with Gasteiger partial charge in [-0.15, -0.1) is 0 Å². The zero-order valence-corrected chi connectivity index (χ0v) is 27.4. The molecule has 0 aliphatic heterocycles. The molecule has 0 aromatic carbocycles. The lowest BCUT2D eigenvalue weighted by Gasteiger charge is -2.16. The largest absolute Gasteiger partial charge is 0.457 e. The lowest BCUT2D eigenvalue weighted by molar-refractivity contribution is -0.154. The van der Waals surface area contributed by atoms with E-state index in [0.29, 0.717) is 19.6 Å². The summed E-state index contributed by atoms with van der Waals surface area (Å²) in [5.74, 6) is -0.196. The minimum absolute atomic E-state index is 0.164. The summed E-state index contributed by atoms with van der Waals surface area (Å²) in [6, 6.07) is 0. The Morgan fingerprint density at radius 3 is 1.18 bits per heavy atom. The molecule has 1 unspecified atom stereocenters. The van der Waals surface area contributed by atoms with E-state index < -0.39 is 6.10 Å². The molecule has 0 fully saturated rings. The van der Waals surface area contributed by atoms with Gasteiger partial charge < -0.3 is 14.6 Å². The molecule has 0 heterocycles. The van der Waals surface area contributed by atoms with Crippen molar-refractivity contribution in [2.45, 2.75) is 206 Å². The first-order valence-electron chi connectivity index (χ1n) is 18.1. The standard InChI is InChI=1S/C36H72O4/c1-3-5-7-9-11-13-15-16-17-18-19-20-21-23-25-27-29-31-36(38)40-35(33-37)34-39-32-30-28-26-24-22-14-12-10-8-6-4-2/h35,37H,3-34H2,1-2H3. The van der Waals surface area contributed by atoms with Gasteiger partial charge in [-0.05, 0) is 12.8 Å². The van der Waals surface area contributed by atoms with E-state index in [1.165, 1.54) is 161 Å². The molecule has 0 aromatic heterocycles. The third-order valence-corrected chi connectivity index (χ3v) is 8.18. The smallest absolute Gasteiger partial charge is 0.306 e. The summed E-state index contributed by atoms with van der Waals surface area (Å²) in [6.07, 6.45) is 37.1. The molecule has 0 saturated carbocycles. The highest BCUT2D eigenvalue weighted by Crippen LogP contribution is 2.15. The van der Waals surface area contributed by atoms with Gasteiger partial charge in [0.2, 0.25) is 0 Å².